The lowest BCUT2D eigenvalue weighted by Gasteiger charge is -2.17. The number of hydrogen-bond acceptors (Lipinski definition) is 5. The van der Waals surface area contributed by atoms with Gasteiger partial charge in [0, 0.05) is 6.61 Å². The molecular weight excluding hydrogens is 246 g/mol. The van der Waals surface area contributed by atoms with Crippen LogP contribution in [0.25, 0.3) is 0 Å². The van der Waals surface area contributed by atoms with Crippen LogP contribution in [0.3, 0.4) is 0 Å². The van der Waals surface area contributed by atoms with Crippen molar-refractivity contribution in [2.24, 2.45) is 5.16 Å². The third-order valence-electron chi connectivity index (χ3n) is 2.55. The summed E-state index contributed by atoms with van der Waals surface area (Å²) in [5.41, 5.74) is 1.69. The van der Waals surface area contributed by atoms with Gasteiger partial charge in [-0.15, -0.1) is 0 Å². The number of oxime groups is 1. The molecule has 0 fully saturated rings. The zero-order valence-electron chi connectivity index (χ0n) is 11.4. The lowest BCUT2D eigenvalue weighted by Crippen LogP contribution is -2.27. The van der Waals surface area contributed by atoms with E-state index in [4.69, 9.17) is 14.7 Å². The molecule has 0 spiro atoms. The normalized spacial score (nSPS) is 13.1. The molecule has 1 atom stereocenters. The maximum atomic E-state index is 11.7. The van der Waals surface area contributed by atoms with Crippen LogP contribution in [0.1, 0.15) is 31.1 Å². The Balaban J connectivity index is 3.04. The van der Waals surface area contributed by atoms with Gasteiger partial charge >= 0.3 is 5.97 Å². The van der Waals surface area contributed by atoms with Crippen LogP contribution in [0.2, 0.25) is 0 Å². The van der Waals surface area contributed by atoms with Crippen LogP contribution in [0.4, 0.5) is 0 Å². The van der Waals surface area contributed by atoms with Gasteiger partial charge in [0.2, 0.25) is 0 Å². The van der Waals surface area contributed by atoms with Gasteiger partial charge in [0.05, 0.1) is 6.61 Å². The molecule has 1 aromatic carbocycles. The summed E-state index contributed by atoms with van der Waals surface area (Å²) in [5.74, 6) is -0.677. The molecule has 5 nitrogen and oxygen atoms in total. The summed E-state index contributed by atoms with van der Waals surface area (Å²) in [6.45, 7) is 6.06. The minimum atomic E-state index is -0.727. The fraction of sp³-hybridized carbons (Fsp3) is 0.429. The van der Waals surface area contributed by atoms with Crippen LogP contribution in [-0.2, 0) is 14.3 Å². The van der Waals surface area contributed by atoms with Gasteiger partial charge in [-0.1, -0.05) is 35.0 Å². The van der Waals surface area contributed by atoms with E-state index in [1.165, 1.54) is 0 Å². The third kappa shape index (κ3) is 4.06. The predicted molar refractivity (Wildman–Crippen MR) is 71.4 cm³/mol. The van der Waals surface area contributed by atoms with E-state index in [0.717, 1.165) is 11.1 Å². The van der Waals surface area contributed by atoms with Gasteiger partial charge in [0.25, 0.3) is 0 Å². The van der Waals surface area contributed by atoms with Crippen LogP contribution in [0, 0.1) is 6.92 Å². The molecule has 5 heteroatoms. The maximum Gasteiger partial charge on any atom is 0.359 e. The number of hydrogen-bond donors (Lipinski definition) is 1. The first-order valence-electron chi connectivity index (χ1n) is 6.21. The van der Waals surface area contributed by atoms with Crippen molar-refractivity contribution < 1.29 is 19.5 Å². The molecule has 1 unspecified atom stereocenters. The zero-order chi connectivity index (χ0) is 14.3. The predicted octanol–water partition coefficient (Wildman–Crippen LogP) is 2.47. The van der Waals surface area contributed by atoms with Crippen LogP contribution in [0.15, 0.2) is 29.4 Å². The molecule has 0 heterocycles. The van der Waals surface area contributed by atoms with Crippen LogP contribution in [-0.4, -0.2) is 30.1 Å². The molecule has 0 aliphatic carbocycles. The highest BCUT2D eigenvalue weighted by molar-refractivity contribution is 6.38. The average molecular weight is 265 g/mol. The summed E-state index contributed by atoms with van der Waals surface area (Å²) in [7, 11) is 0. The fourth-order valence-electron chi connectivity index (χ4n) is 1.65. The first-order valence-corrected chi connectivity index (χ1v) is 6.21. The molecule has 1 N–H and O–H groups in total. The minimum Gasteiger partial charge on any atom is -0.461 e. The largest absolute Gasteiger partial charge is 0.461 e. The molecule has 0 aliphatic heterocycles. The summed E-state index contributed by atoms with van der Waals surface area (Å²) in [4.78, 5) is 11.7. The molecule has 0 saturated heterocycles. The number of benzene rings is 1. The van der Waals surface area contributed by atoms with Crippen molar-refractivity contribution in [2.75, 3.05) is 13.2 Å². The average Bonchev–Trinajstić information content (AvgIpc) is 2.40. The monoisotopic (exact) mass is 265 g/mol. The fourth-order valence-corrected chi connectivity index (χ4v) is 1.65. The Hall–Kier alpha value is -1.88. The van der Waals surface area contributed by atoms with Crippen molar-refractivity contribution in [3.63, 3.8) is 0 Å². The Morgan fingerprint density at radius 1 is 1.26 bits per heavy atom. The van der Waals surface area contributed by atoms with Gasteiger partial charge in [0.1, 0.15) is 6.10 Å². The van der Waals surface area contributed by atoms with Gasteiger partial charge in [-0.05, 0) is 26.3 Å². The number of esters is 1. The number of carbonyl (C=O) groups is 1. The van der Waals surface area contributed by atoms with E-state index in [1.807, 2.05) is 31.2 Å². The highest BCUT2D eigenvalue weighted by atomic mass is 16.5. The number of ether oxygens (including phenoxy) is 2. The molecule has 0 bridgehead atoms. The third-order valence-corrected chi connectivity index (χ3v) is 2.55. The molecule has 0 aromatic heterocycles. The number of aryl methyl sites for hydroxylation is 1. The number of rotatable bonds is 6. The van der Waals surface area contributed by atoms with Crippen molar-refractivity contribution in [3.05, 3.63) is 35.4 Å². The summed E-state index contributed by atoms with van der Waals surface area (Å²) in [6.07, 6.45) is -0.727. The summed E-state index contributed by atoms with van der Waals surface area (Å²) in [5, 5.41) is 12.1. The van der Waals surface area contributed by atoms with Crippen molar-refractivity contribution in [1.82, 2.24) is 0 Å². The lowest BCUT2D eigenvalue weighted by atomic mass is 10.0. The maximum absolute atomic E-state index is 11.7. The molecule has 0 amide bonds. The lowest BCUT2D eigenvalue weighted by molar-refractivity contribution is -0.136. The Kier molecular flexibility index (Phi) is 6.02. The van der Waals surface area contributed by atoms with E-state index in [9.17, 15) is 4.79 Å². The minimum absolute atomic E-state index is 0.146. The SMILES string of the molecule is CCOC(=O)/C(=N\O)C(OCC)c1ccc(C)cc1. The molecule has 19 heavy (non-hydrogen) atoms. The van der Waals surface area contributed by atoms with Crippen molar-refractivity contribution >= 4 is 11.7 Å². The second-order valence-corrected chi connectivity index (χ2v) is 3.95. The Morgan fingerprint density at radius 3 is 2.37 bits per heavy atom. The Morgan fingerprint density at radius 2 is 1.89 bits per heavy atom. The standard InChI is InChI=1S/C14H19NO4/c1-4-18-13(11-8-6-10(3)7-9-11)12(15-17)14(16)19-5-2/h6-9,13,17H,4-5H2,1-3H3/b15-12-. The van der Waals surface area contributed by atoms with Gasteiger partial charge in [-0.2, -0.15) is 0 Å². The van der Waals surface area contributed by atoms with Crippen molar-refractivity contribution in [2.45, 2.75) is 26.9 Å². The zero-order valence-corrected chi connectivity index (χ0v) is 11.4. The summed E-state index contributed by atoms with van der Waals surface area (Å²) < 4.78 is 10.4. The second kappa shape index (κ2) is 7.53. The topological polar surface area (TPSA) is 68.1 Å². The second-order valence-electron chi connectivity index (χ2n) is 3.95. The summed E-state index contributed by atoms with van der Waals surface area (Å²) >= 11 is 0. The Labute approximate surface area is 112 Å². The van der Waals surface area contributed by atoms with E-state index < -0.39 is 12.1 Å². The molecule has 0 saturated carbocycles. The first-order chi connectivity index (χ1) is 9.13. The molecule has 0 radical (unpaired) electrons. The van der Waals surface area contributed by atoms with E-state index in [2.05, 4.69) is 5.16 Å². The highest BCUT2D eigenvalue weighted by Gasteiger charge is 2.27. The first kappa shape index (κ1) is 15.2. The van der Waals surface area contributed by atoms with Crippen molar-refractivity contribution in [3.8, 4) is 0 Å². The van der Waals surface area contributed by atoms with E-state index in [1.54, 1.807) is 13.8 Å². The van der Waals surface area contributed by atoms with Crippen molar-refractivity contribution in [1.29, 1.82) is 0 Å². The van der Waals surface area contributed by atoms with Gasteiger partial charge in [-0.25, -0.2) is 4.79 Å². The van der Waals surface area contributed by atoms with Crippen LogP contribution >= 0.6 is 0 Å². The van der Waals surface area contributed by atoms with E-state index in [0.29, 0.717) is 6.61 Å². The highest BCUT2D eigenvalue weighted by Crippen LogP contribution is 2.20. The van der Waals surface area contributed by atoms with E-state index >= 15 is 0 Å². The summed E-state index contributed by atoms with van der Waals surface area (Å²) in [6, 6.07) is 7.48. The Bertz CT molecular complexity index is 439. The van der Waals surface area contributed by atoms with Gasteiger partial charge in [0.15, 0.2) is 5.71 Å². The van der Waals surface area contributed by atoms with E-state index in [-0.39, 0.29) is 12.3 Å². The van der Waals surface area contributed by atoms with Gasteiger partial charge in [-0.3, -0.25) is 0 Å². The van der Waals surface area contributed by atoms with Crippen LogP contribution in [0.5, 0.6) is 0 Å². The quantitative estimate of drug-likeness (QED) is 0.371. The molecule has 1 aromatic rings. The molecule has 0 aliphatic rings. The smallest absolute Gasteiger partial charge is 0.359 e. The molecular formula is C14H19NO4. The molecule has 104 valence electrons. The number of nitrogens with zero attached hydrogens (tertiary/aromatic N) is 1. The van der Waals surface area contributed by atoms with Crippen LogP contribution < -0.4 is 0 Å². The van der Waals surface area contributed by atoms with Gasteiger partial charge < -0.3 is 14.7 Å². The molecule has 1 rings (SSSR count). The number of carbonyl (C=O) groups excluding carboxylic acids is 1.